The summed E-state index contributed by atoms with van der Waals surface area (Å²) in [5.41, 5.74) is 5.75. The fourth-order valence-corrected chi connectivity index (χ4v) is 2.96. The number of benzene rings is 2. The van der Waals surface area contributed by atoms with E-state index in [0.717, 1.165) is 16.8 Å². The molecule has 5 heteroatoms. The average Bonchev–Trinajstić information content (AvgIpc) is 3.16. The number of hydrogen-bond donors (Lipinski definition) is 1. The van der Waals surface area contributed by atoms with Crippen molar-refractivity contribution in [3.63, 3.8) is 0 Å². The van der Waals surface area contributed by atoms with Crippen molar-refractivity contribution < 1.29 is 4.79 Å². The molecule has 28 heavy (non-hydrogen) atoms. The highest BCUT2D eigenvalue weighted by Crippen LogP contribution is 2.25. The van der Waals surface area contributed by atoms with Crippen LogP contribution in [0.3, 0.4) is 0 Å². The van der Waals surface area contributed by atoms with Gasteiger partial charge in [0.15, 0.2) is 0 Å². The molecule has 0 atom stereocenters. The van der Waals surface area contributed by atoms with Crippen LogP contribution in [0.5, 0.6) is 0 Å². The Bertz CT molecular complexity index is 1120. The monoisotopic (exact) mass is 368 g/mol. The zero-order valence-electron chi connectivity index (χ0n) is 15.8. The number of nitrogens with one attached hydrogen (secondary N) is 1. The summed E-state index contributed by atoms with van der Waals surface area (Å²) in [5, 5.41) is 7.66. The van der Waals surface area contributed by atoms with E-state index in [1.807, 2.05) is 74.5 Å². The van der Waals surface area contributed by atoms with Crippen molar-refractivity contribution in [2.75, 3.05) is 5.32 Å². The van der Waals surface area contributed by atoms with Crippen molar-refractivity contribution in [1.82, 2.24) is 14.8 Å². The molecule has 0 aliphatic heterocycles. The topological polar surface area (TPSA) is 59.8 Å². The number of anilines is 1. The van der Waals surface area contributed by atoms with Gasteiger partial charge < -0.3 is 5.32 Å². The van der Waals surface area contributed by atoms with Crippen LogP contribution in [0.15, 0.2) is 79.3 Å². The average molecular weight is 368 g/mol. The first-order chi connectivity index (χ1) is 13.6. The van der Waals surface area contributed by atoms with E-state index in [2.05, 4.69) is 10.3 Å². The molecule has 0 saturated heterocycles. The zero-order chi connectivity index (χ0) is 19.5. The summed E-state index contributed by atoms with van der Waals surface area (Å²) in [6.45, 7) is 3.97. The van der Waals surface area contributed by atoms with Gasteiger partial charge in [-0.2, -0.15) is 5.10 Å². The van der Waals surface area contributed by atoms with Crippen LogP contribution in [0, 0.1) is 13.8 Å². The van der Waals surface area contributed by atoms with Gasteiger partial charge in [-0.15, -0.1) is 0 Å². The fourth-order valence-electron chi connectivity index (χ4n) is 2.96. The second-order valence-corrected chi connectivity index (χ2v) is 6.68. The van der Waals surface area contributed by atoms with Gasteiger partial charge in [0, 0.05) is 18.0 Å². The number of rotatable bonds is 4. The summed E-state index contributed by atoms with van der Waals surface area (Å²) in [6.07, 6.45) is 5.13. The maximum absolute atomic E-state index is 13.1. The standard InChI is InChI=1S/C23H20N4O/c1-16-8-10-19(11-9-16)27-15-20(22(26-27)18-6-4-3-5-7-18)23(28)25-21-14-24-13-12-17(21)2/h3-15H,1-2H3,(H,25,28). The van der Waals surface area contributed by atoms with Crippen molar-refractivity contribution in [1.29, 1.82) is 0 Å². The number of aryl methyl sites for hydroxylation is 2. The Balaban J connectivity index is 1.77. The van der Waals surface area contributed by atoms with E-state index in [1.165, 1.54) is 5.56 Å². The van der Waals surface area contributed by atoms with Crippen LogP contribution in [-0.4, -0.2) is 20.7 Å². The Morgan fingerprint density at radius 2 is 1.71 bits per heavy atom. The molecular formula is C23H20N4O. The number of pyridine rings is 1. The van der Waals surface area contributed by atoms with Crippen LogP contribution in [0.2, 0.25) is 0 Å². The van der Waals surface area contributed by atoms with Gasteiger partial charge in [-0.3, -0.25) is 9.78 Å². The van der Waals surface area contributed by atoms with Crippen LogP contribution in [0.25, 0.3) is 16.9 Å². The minimum atomic E-state index is -0.215. The summed E-state index contributed by atoms with van der Waals surface area (Å²) in [7, 11) is 0. The van der Waals surface area contributed by atoms with Gasteiger partial charge in [0.1, 0.15) is 5.69 Å². The van der Waals surface area contributed by atoms with Gasteiger partial charge in [-0.25, -0.2) is 4.68 Å². The maximum atomic E-state index is 13.1. The summed E-state index contributed by atoms with van der Waals surface area (Å²) in [5.74, 6) is -0.215. The molecule has 2 aromatic carbocycles. The smallest absolute Gasteiger partial charge is 0.259 e. The lowest BCUT2D eigenvalue weighted by molar-refractivity contribution is 0.102. The molecule has 0 bridgehead atoms. The van der Waals surface area contributed by atoms with Crippen molar-refractivity contribution in [3.05, 3.63) is 95.9 Å². The number of amides is 1. The predicted molar refractivity (Wildman–Crippen MR) is 111 cm³/mol. The first-order valence-electron chi connectivity index (χ1n) is 9.06. The highest BCUT2D eigenvalue weighted by Gasteiger charge is 2.19. The predicted octanol–water partition coefficient (Wildman–Crippen LogP) is 4.80. The minimum absolute atomic E-state index is 0.215. The Morgan fingerprint density at radius 3 is 2.43 bits per heavy atom. The molecule has 0 saturated carbocycles. The summed E-state index contributed by atoms with van der Waals surface area (Å²) in [4.78, 5) is 17.2. The second-order valence-electron chi connectivity index (χ2n) is 6.68. The third kappa shape index (κ3) is 3.55. The Hall–Kier alpha value is -3.73. The zero-order valence-corrected chi connectivity index (χ0v) is 15.8. The molecule has 2 aromatic heterocycles. The van der Waals surface area contributed by atoms with Crippen LogP contribution < -0.4 is 5.32 Å². The van der Waals surface area contributed by atoms with Crippen molar-refractivity contribution in [2.24, 2.45) is 0 Å². The molecule has 1 N–H and O–H groups in total. The number of carbonyl (C=O) groups excluding carboxylic acids is 1. The molecule has 5 nitrogen and oxygen atoms in total. The van der Waals surface area contributed by atoms with Crippen molar-refractivity contribution in [2.45, 2.75) is 13.8 Å². The normalized spacial score (nSPS) is 10.6. The van der Waals surface area contributed by atoms with E-state index < -0.39 is 0 Å². The fraction of sp³-hybridized carbons (Fsp3) is 0.0870. The second kappa shape index (κ2) is 7.48. The summed E-state index contributed by atoms with van der Waals surface area (Å²) in [6, 6.07) is 19.6. The number of aromatic nitrogens is 3. The molecule has 0 aliphatic rings. The minimum Gasteiger partial charge on any atom is -0.320 e. The molecule has 138 valence electrons. The quantitative estimate of drug-likeness (QED) is 0.563. The number of hydrogen-bond acceptors (Lipinski definition) is 3. The third-order valence-electron chi connectivity index (χ3n) is 4.59. The summed E-state index contributed by atoms with van der Waals surface area (Å²) >= 11 is 0. The van der Waals surface area contributed by atoms with Crippen LogP contribution >= 0.6 is 0 Å². The largest absolute Gasteiger partial charge is 0.320 e. The molecular weight excluding hydrogens is 348 g/mol. The van der Waals surface area contributed by atoms with Crippen LogP contribution in [0.1, 0.15) is 21.5 Å². The maximum Gasteiger partial charge on any atom is 0.259 e. The Morgan fingerprint density at radius 1 is 0.964 bits per heavy atom. The number of carbonyl (C=O) groups is 1. The molecule has 1 amide bonds. The van der Waals surface area contributed by atoms with Crippen LogP contribution in [0.4, 0.5) is 5.69 Å². The first-order valence-corrected chi connectivity index (χ1v) is 9.06. The van der Waals surface area contributed by atoms with Crippen LogP contribution in [-0.2, 0) is 0 Å². The van der Waals surface area contributed by atoms with E-state index in [0.29, 0.717) is 16.9 Å². The molecule has 2 heterocycles. The SMILES string of the molecule is Cc1ccc(-n2cc(C(=O)Nc3cnccc3C)c(-c3ccccc3)n2)cc1. The van der Waals surface area contributed by atoms with Crippen molar-refractivity contribution >= 4 is 11.6 Å². The first kappa shape index (κ1) is 17.7. The lowest BCUT2D eigenvalue weighted by atomic mass is 10.1. The number of nitrogens with zero attached hydrogens (tertiary/aromatic N) is 3. The van der Waals surface area contributed by atoms with E-state index in [4.69, 9.17) is 5.10 Å². The highest BCUT2D eigenvalue weighted by atomic mass is 16.1. The summed E-state index contributed by atoms with van der Waals surface area (Å²) < 4.78 is 1.74. The van der Waals surface area contributed by atoms with Crippen molar-refractivity contribution in [3.8, 4) is 16.9 Å². The van der Waals surface area contributed by atoms with E-state index in [1.54, 1.807) is 23.3 Å². The molecule has 0 unspecified atom stereocenters. The third-order valence-corrected chi connectivity index (χ3v) is 4.59. The molecule has 4 aromatic rings. The van der Waals surface area contributed by atoms with Gasteiger partial charge in [0.25, 0.3) is 5.91 Å². The van der Waals surface area contributed by atoms with Gasteiger partial charge in [0.2, 0.25) is 0 Å². The Labute approximate surface area is 163 Å². The molecule has 0 radical (unpaired) electrons. The van der Waals surface area contributed by atoms with Gasteiger partial charge >= 0.3 is 0 Å². The lowest BCUT2D eigenvalue weighted by Crippen LogP contribution is -2.13. The molecule has 4 rings (SSSR count). The molecule has 0 aliphatic carbocycles. The van der Waals surface area contributed by atoms with Gasteiger partial charge in [0.05, 0.1) is 23.1 Å². The van der Waals surface area contributed by atoms with E-state index in [-0.39, 0.29) is 5.91 Å². The highest BCUT2D eigenvalue weighted by molar-refractivity contribution is 6.08. The molecule has 0 fully saturated rings. The van der Waals surface area contributed by atoms with Gasteiger partial charge in [-0.05, 0) is 37.6 Å². The van der Waals surface area contributed by atoms with E-state index >= 15 is 0 Å². The Kier molecular flexibility index (Phi) is 4.72. The van der Waals surface area contributed by atoms with E-state index in [9.17, 15) is 4.79 Å². The molecule has 0 spiro atoms. The van der Waals surface area contributed by atoms with Gasteiger partial charge in [-0.1, -0.05) is 48.0 Å². The lowest BCUT2D eigenvalue weighted by Gasteiger charge is -2.07.